The van der Waals surface area contributed by atoms with Gasteiger partial charge in [0.25, 0.3) is 5.91 Å². The molecule has 0 radical (unpaired) electrons. The SMILES string of the molecule is COc1cccc(-c2cc(C(=O)N3CCN(c4cccc(C(F)(F)F)c4)CC3)nc3cc(C(C)(C)C)nn23)c1. The number of piperazine rings is 1. The summed E-state index contributed by atoms with van der Waals surface area (Å²) in [5.74, 6) is 0.447. The van der Waals surface area contributed by atoms with Crippen molar-refractivity contribution in [2.24, 2.45) is 0 Å². The Labute approximate surface area is 224 Å². The number of rotatable bonds is 4. The van der Waals surface area contributed by atoms with Gasteiger partial charge in [-0.3, -0.25) is 4.79 Å². The first kappa shape index (κ1) is 26.5. The number of carbonyl (C=O) groups is 1. The van der Waals surface area contributed by atoms with Gasteiger partial charge in [-0.15, -0.1) is 0 Å². The molecule has 4 aromatic rings. The monoisotopic (exact) mass is 537 g/mol. The molecule has 1 aliphatic heterocycles. The molecule has 2 aromatic carbocycles. The van der Waals surface area contributed by atoms with Gasteiger partial charge < -0.3 is 14.5 Å². The van der Waals surface area contributed by atoms with Crippen molar-refractivity contribution in [1.29, 1.82) is 0 Å². The third-order valence-electron chi connectivity index (χ3n) is 6.89. The fraction of sp³-hybridized carbons (Fsp3) is 0.345. The maximum Gasteiger partial charge on any atom is 0.416 e. The number of alkyl halides is 3. The molecular formula is C29H30F3N5O2. The number of ether oxygens (including phenoxy) is 1. The first-order chi connectivity index (χ1) is 18.4. The van der Waals surface area contributed by atoms with Crippen LogP contribution in [0.25, 0.3) is 16.9 Å². The summed E-state index contributed by atoms with van der Waals surface area (Å²) in [6.45, 7) is 7.76. The van der Waals surface area contributed by atoms with Crippen LogP contribution in [-0.4, -0.2) is 58.7 Å². The molecule has 2 aromatic heterocycles. The number of fused-ring (bicyclic) bond motifs is 1. The van der Waals surface area contributed by atoms with E-state index in [0.29, 0.717) is 49.0 Å². The van der Waals surface area contributed by atoms with Gasteiger partial charge in [-0.25, -0.2) is 9.50 Å². The molecule has 7 nitrogen and oxygen atoms in total. The van der Waals surface area contributed by atoms with Crippen LogP contribution in [0.2, 0.25) is 0 Å². The molecule has 3 heterocycles. The lowest BCUT2D eigenvalue weighted by Crippen LogP contribution is -2.49. The van der Waals surface area contributed by atoms with Crippen molar-refractivity contribution in [3.63, 3.8) is 0 Å². The number of carbonyl (C=O) groups excluding carboxylic acids is 1. The van der Waals surface area contributed by atoms with Crippen molar-refractivity contribution in [3.05, 3.63) is 77.6 Å². The molecule has 0 spiro atoms. The molecule has 204 valence electrons. The lowest BCUT2D eigenvalue weighted by Gasteiger charge is -2.36. The summed E-state index contributed by atoms with van der Waals surface area (Å²) in [7, 11) is 1.60. The van der Waals surface area contributed by atoms with E-state index in [9.17, 15) is 18.0 Å². The van der Waals surface area contributed by atoms with Gasteiger partial charge in [0.05, 0.1) is 24.1 Å². The average Bonchev–Trinajstić information content (AvgIpc) is 3.37. The molecule has 0 N–H and O–H groups in total. The molecule has 5 rings (SSSR count). The van der Waals surface area contributed by atoms with Crippen molar-refractivity contribution >= 4 is 17.2 Å². The Morgan fingerprint density at radius 1 is 0.923 bits per heavy atom. The highest BCUT2D eigenvalue weighted by molar-refractivity contribution is 5.94. The lowest BCUT2D eigenvalue weighted by atomic mass is 9.93. The second kappa shape index (κ2) is 9.91. The molecule has 0 aliphatic carbocycles. The van der Waals surface area contributed by atoms with E-state index in [4.69, 9.17) is 9.84 Å². The number of anilines is 1. The minimum absolute atomic E-state index is 0.219. The second-order valence-electron chi connectivity index (χ2n) is 10.6. The van der Waals surface area contributed by atoms with Crippen LogP contribution in [-0.2, 0) is 11.6 Å². The Morgan fingerprint density at radius 3 is 2.31 bits per heavy atom. The first-order valence-corrected chi connectivity index (χ1v) is 12.7. The maximum absolute atomic E-state index is 13.6. The minimum atomic E-state index is -4.40. The summed E-state index contributed by atoms with van der Waals surface area (Å²) in [4.78, 5) is 21.9. The number of aromatic nitrogens is 3. The van der Waals surface area contributed by atoms with Crippen LogP contribution in [0, 0.1) is 0 Å². The van der Waals surface area contributed by atoms with E-state index in [1.165, 1.54) is 6.07 Å². The predicted octanol–water partition coefficient (Wildman–Crippen LogP) is 5.68. The molecule has 1 saturated heterocycles. The topological polar surface area (TPSA) is 63.0 Å². The number of halogens is 3. The van der Waals surface area contributed by atoms with Gasteiger partial charge in [0, 0.05) is 48.9 Å². The van der Waals surface area contributed by atoms with Crippen LogP contribution in [0.15, 0.2) is 60.7 Å². The van der Waals surface area contributed by atoms with E-state index in [2.05, 4.69) is 25.8 Å². The van der Waals surface area contributed by atoms with Crippen LogP contribution < -0.4 is 9.64 Å². The third kappa shape index (κ3) is 5.41. The minimum Gasteiger partial charge on any atom is -0.497 e. The Morgan fingerprint density at radius 2 is 1.64 bits per heavy atom. The zero-order chi connectivity index (χ0) is 27.9. The fourth-order valence-corrected chi connectivity index (χ4v) is 4.65. The molecule has 0 atom stereocenters. The smallest absolute Gasteiger partial charge is 0.416 e. The molecule has 0 unspecified atom stereocenters. The second-order valence-corrected chi connectivity index (χ2v) is 10.6. The standard InChI is InChI=1S/C29H30F3N5O2/c1-28(2,3)25-18-26-33-23(17-24(37(26)34-25)19-7-5-10-22(15-19)39-4)27(38)36-13-11-35(12-14-36)21-9-6-8-20(16-21)29(30,31)32/h5-10,15-18H,11-14H2,1-4H3. The quantitative estimate of drug-likeness (QED) is 0.335. The Kier molecular flexibility index (Phi) is 6.74. The zero-order valence-electron chi connectivity index (χ0n) is 22.3. The summed E-state index contributed by atoms with van der Waals surface area (Å²) in [5.41, 5.74) is 2.82. The summed E-state index contributed by atoms with van der Waals surface area (Å²) in [5, 5.41) is 4.80. The molecule has 1 aliphatic rings. The molecule has 10 heteroatoms. The lowest BCUT2D eigenvalue weighted by molar-refractivity contribution is -0.137. The van der Waals surface area contributed by atoms with E-state index in [0.717, 1.165) is 23.4 Å². The van der Waals surface area contributed by atoms with Crippen molar-refractivity contribution in [1.82, 2.24) is 19.5 Å². The van der Waals surface area contributed by atoms with E-state index in [-0.39, 0.29) is 17.0 Å². The predicted molar refractivity (Wildman–Crippen MR) is 143 cm³/mol. The molecule has 39 heavy (non-hydrogen) atoms. The van der Waals surface area contributed by atoms with Gasteiger partial charge in [0.2, 0.25) is 0 Å². The number of amides is 1. The van der Waals surface area contributed by atoms with Crippen molar-refractivity contribution in [2.45, 2.75) is 32.4 Å². The molecular weight excluding hydrogens is 507 g/mol. The van der Waals surface area contributed by atoms with Gasteiger partial charge in [-0.2, -0.15) is 18.3 Å². The zero-order valence-corrected chi connectivity index (χ0v) is 22.3. The van der Waals surface area contributed by atoms with Crippen LogP contribution in [0.1, 0.15) is 42.5 Å². The van der Waals surface area contributed by atoms with Crippen LogP contribution >= 0.6 is 0 Å². The van der Waals surface area contributed by atoms with E-state index in [1.54, 1.807) is 28.7 Å². The van der Waals surface area contributed by atoms with Crippen molar-refractivity contribution in [2.75, 3.05) is 38.2 Å². The van der Waals surface area contributed by atoms with Crippen LogP contribution in [0.3, 0.4) is 0 Å². The Bertz CT molecular complexity index is 1520. The van der Waals surface area contributed by atoms with E-state index >= 15 is 0 Å². The fourth-order valence-electron chi connectivity index (χ4n) is 4.65. The highest BCUT2D eigenvalue weighted by Crippen LogP contribution is 2.32. The highest BCUT2D eigenvalue weighted by Gasteiger charge is 2.32. The van der Waals surface area contributed by atoms with Crippen molar-refractivity contribution in [3.8, 4) is 17.0 Å². The normalized spacial score (nSPS) is 14.6. The third-order valence-corrected chi connectivity index (χ3v) is 6.89. The van der Waals surface area contributed by atoms with Crippen LogP contribution in [0.4, 0.5) is 18.9 Å². The Balaban J connectivity index is 1.44. The number of nitrogens with zero attached hydrogens (tertiary/aromatic N) is 5. The van der Waals surface area contributed by atoms with Crippen LogP contribution in [0.5, 0.6) is 5.75 Å². The number of hydrogen-bond acceptors (Lipinski definition) is 5. The number of methoxy groups -OCH3 is 1. The molecule has 0 saturated carbocycles. The molecule has 1 amide bonds. The summed E-state index contributed by atoms with van der Waals surface area (Å²) >= 11 is 0. The number of hydrogen-bond donors (Lipinski definition) is 0. The van der Waals surface area contributed by atoms with Gasteiger partial charge in [-0.1, -0.05) is 39.0 Å². The molecule has 1 fully saturated rings. The van der Waals surface area contributed by atoms with E-state index < -0.39 is 11.7 Å². The summed E-state index contributed by atoms with van der Waals surface area (Å²) in [6, 6.07) is 16.5. The van der Waals surface area contributed by atoms with Gasteiger partial charge >= 0.3 is 6.18 Å². The Hall–Kier alpha value is -4.08. The van der Waals surface area contributed by atoms with Gasteiger partial charge in [-0.05, 0) is 36.4 Å². The largest absolute Gasteiger partial charge is 0.497 e. The number of benzene rings is 2. The first-order valence-electron chi connectivity index (χ1n) is 12.7. The van der Waals surface area contributed by atoms with Gasteiger partial charge in [0.1, 0.15) is 11.4 Å². The summed E-state index contributed by atoms with van der Waals surface area (Å²) in [6.07, 6.45) is -4.40. The highest BCUT2D eigenvalue weighted by atomic mass is 19.4. The summed E-state index contributed by atoms with van der Waals surface area (Å²) < 4.78 is 46.7. The maximum atomic E-state index is 13.6. The van der Waals surface area contributed by atoms with Gasteiger partial charge in [0.15, 0.2) is 5.65 Å². The van der Waals surface area contributed by atoms with Crippen molar-refractivity contribution < 1.29 is 22.7 Å². The molecule has 0 bridgehead atoms. The average molecular weight is 538 g/mol. The van der Waals surface area contributed by atoms with E-state index in [1.807, 2.05) is 35.2 Å².